The van der Waals surface area contributed by atoms with E-state index in [2.05, 4.69) is 118 Å². The molecule has 1 heterocycles. The number of nitriles is 8. The molecule has 0 N–H and O–H groups in total. The van der Waals surface area contributed by atoms with Gasteiger partial charge in [-0.2, -0.15) is 42.1 Å². The number of fused-ring (bicyclic) bond motifs is 28. The van der Waals surface area contributed by atoms with Crippen molar-refractivity contribution in [2.45, 2.75) is 0 Å². The van der Waals surface area contributed by atoms with Crippen LogP contribution in [0.3, 0.4) is 0 Å². The van der Waals surface area contributed by atoms with Gasteiger partial charge in [-0.1, -0.05) is 128 Å². The van der Waals surface area contributed by atoms with Gasteiger partial charge in [0.05, 0.1) is 116 Å². The van der Waals surface area contributed by atoms with Crippen LogP contribution in [0, 0.1) is 163 Å². The SMILES string of the molecule is [C-]#[N+]c1c([N+]#[C-])c([N+]#[C-])c2c3cc4ccccc4cc3c3cc(C#N)c(C#N)cc3c2c1C#N.[C-]#[N+]c1cc2c(cc1C#N)c1cc3ccccc3cc1c1cc([N+]#[C-])c([N+]#[C-])cc21.[C-]#[N+]c1cc2c3cc(C#N)c(C#N)cc3c3cc4ccccc4cc3c2c([N+]#[C-])c1[N+]#[C-].[C-]#[N+]c1nc2c3cc(C#N)c(C#N)cc3c3cc4ccccc4cc3c2nc1[N+]#[C-]. The molecule has 560 valence electrons. The summed E-state index contributed by atoms with van der Waals surface area (Å²) < 4.78 is 0. The highest BCUT2D eigenvalue weighted by molar-refractivity contribution is 6.36. The third-order valence-corrected chi connectivity index (χ3v) is 22.4. The summed E-state index contributed by atoms with van der Waals surface area (Å²) in [4.78, 5) is 47.4. The Balaban J connectivity index is 0.000000119. The lowest BCUT2D eigenvalue weighted by Gasteiger charge is -2.17. The maximum absolute atomic E-state index is 10.1. The maximum Gasteiger partial charge on any atom is 0.294 e. The van der Waals surface area contributed by atoms with Crippen molar-refractivity contribution in [3.8, 4) is 48.6 Å². The maximum atomic E-state index is 10.1. The van der Waals surface area contributed by atoms with Crippen molar-refractivity contribution in [3.05, 3.63) is 382 Å². The van der Waals surface area contributed by atoms with Gasteiger partial charge in [-0.05, 0) is 248 Å². The highest BCUT2D eigenvalue weighted by Crippen LogP contribution is 2.55. The molecule has 0 unspecified atom stereocenters. The van der Waals surface area contributed by atoms with Crippen LogP contribution >= 0.6 is 0 Å². The average molecular weight is 1590 g/mol. The van der Waals surface area contributed by atoms with Crippen LogP contribution in [0.15, 0.2) is 212 Å². The second-order valence-corrected chi connectivity index (χ2v) is 28.5. The van der Waals surface area contributed by atoms with Crippen molar-refractivity contribution in [3.63, 3.8) is 0 Å². The number of hydrogen-bond donors (Lipinski definition) is 0. The molecule has 0 aliphatic carbocycles. The van der Waals surface area contributed by atoms with E-state index in [0.29, 0.717) is 70.8 Å². The Labute approximate surface area is 714 Å². The van der Waals surface area contributed by atoms with Gasteiger partial charge in [0.2, 0.25) is 33.8 Å². The monoisotopic (exact) mass is 1590 g/mol. The van der Waals surface area contributed by atoms with Crippen LogP contribution in [-0.4, -0.2) is 9.97 Å². The third kappa shape index (κ3) is 12.1. The number of benzene rings is 19. The summed E-state index contributed by atoms with van der Waals surface area (Å²) in [6, 6.07) is 82.4. The van der Waals surface area contributed by atoms with E-state index in [-0.39, 0.29) is 96.1 Å². The highest BCUT2D eigenvalue weighted by atomic mass is 15.0. The molecule has 21 nitrogen and oxygen atoms in total. The van der Waals surface area contributed by atoms with Crippen molar-refractivity contribution in [1.29, 1.82) is 42.1 Å². The van der Waals surface area contributed by atoms with Gasteiger partial charge in [-0.25, -0.2) is 4.85 Å². The van der Waals surface area contributed by atoms with Gasteiger partial charge in [0, 0.05) is 10.8 Å². The van der Waals surface area contributed by atoms with Gasteiger partial charge < -0.3 is 9.69 Å². The standard InChI is InChI=1S/C28H8N6.C27H9N5.C26H10N4.C24H8N6/c1-32-26-23(14-31)24-21-11-18(13-30)17(12-29)10-20(21)19-8-15-6-4-5-7-16(15)9-22(19)25(24)27(33-2)28(26)34-3;1-30-24-12-23-21-11-18(14-29)17(13-28)10-19(21)20-8-15-6-4-5-7-16(15)9-22(20)25(23)27(32-3)26(24)31-2;1-28-24-11-21-20(10-17(24)14-27)18-8-15-6-4-5-7-16(15)9-19(18)22-12-25(29-2)26(30-3)13-23(21)22;1-27-23-24(28-2)30-22-20-10-16(12-26)15(11-25)9-18(20)17-7-13-5-3-4-6-14(13)8-19(17)21(22)29-23/h4-11H;4-12H;4-13H;3-10H. The first-order valence-corrected chi connectivity index (χ1v) is 37.4. The smallest absolute Gasteiger partial charge is 0.294 e. The summed E-state index contributed by atoms with van der Waals surface area (Å²) in [7, 11) is 0. The number of aromatic nitrogens is 2. The summed E-state index contributed by atoms with van der Waals surface area (Å²) in [5.41, 5.74) is 3.36. The molecule has 0 amide bonds. The third-order valence-electron chi connectivity index (χ3n) is 22.4. The van der Waals surface area contributed by atoms with E-state index < -0.39 is 0 Å². The summed E-state index contributed by atoms with van der Waals surface area (Å²) in [5, 5.41) is 101. The molecule has 19 aromatic carbocycles. The Morgan fingerprint density at radius 3 is 0.770 bits per heavy atom. The minimum Gasteiger partial charge on any atom is -0.370 e. The van der Waals surface area contributed by atoms with E-state index >= 15 is 0 Å². The first-order chi connectivity index (χ1) is 61.6. The zero-order chi connectivity index (χ0) is 88.0. The van der Waals surface area contributed by atoms with Gasteiger partial charge in [-0.3, -0.25) is 38.8 Å². The zero-order valence-electron chi connectivity index (χ0n) is 64.6. The van der Waals surface area contributed by atoms with Crippen molar-refractivity contribution in [2.75, 3.05) is 0 Å². The molecule has 0 atom stereocenters. The molecule has 20 aromatic rings. The van der Waals surface area contributed by atoms with Crippen molar-refractivity contribution >= 4 is 235 Å². The van der Waals surface area contributed by atoms with E-state index in [4.69, 9.17) is 72.3 Å². The van der Waals surface area contributed by atoms with Gasteiger partial charge in [0.1, 0.15) is 36.4 Å². The lowest BCUT2D eigenvalue weighted by molar-refractivity contribution is 1.35. The molecule has 0 radical (unpaired) electrons. The summed E-state index contributed by atoms with van der Waals surface area (Å²) >= 11 is 0. The molecule has 21 heteroatoms. The van der Waals surface area contributed by atoms with Crippen LogP contribution in [0.5, 0.6) is 0 Å². The first-order valence-electron chi connectivity index (χ1n) is 37.4. The molecule has 0 spiro atoms. The Morgan fingerprint density at radius 2 is 0.429 bits per heavy atom. The Hall–Kier alpha value is -21.3. The lowest BCUT2D eigenvalue weighted by atomic mass is 9.87. The average Bonchev–Trinajstić information content (AvgIpc) is 0.700. The highest BCUT2D eigenvalue weighted by Gasteiger charge is 2.28. The molecule has 0 aliphatic heterocycles. The number of rotatable bonds is 0. The van der Waals surface area contributed by atoms with Crippen molar-refractivity contribution in [1.82, 2.24) is 9.97 Å². The van der Waals surface area contributed by atoms with E-state index in [9.17, 15) is 42.1 Å². The molecule has 0 aliphatic rings. The quantitative estimate of drug-likeness (QED) is 0.0787. The van der Waals surface area contributed by atoms with Gasteiger partial charge in [0.25, 0.3) is 11.6 Å². The summed E-state index contributed by atoms with van der Waals surface area (Å²) in [6.45, 7) is 83.3. The van der Waals surface area contributed by atoms with E-state index in [1.54, 1.807) is 60.7 Å². The molecule has 0 bridgehead atoms. The van der Waals surface area contributed by atoms with Crippen molar-refractivity contribution in [2.24, 2.45) is 0 Å². The second-order valence-electron chi connectivity index (χ2n) is 28.5. The zero-order valence-corrected chi connectivity index (χ0v) is 64.6. The molecule has 20 rings (SSSR count). The van der Waals surface area contributed by atoms with E-state index in [1.165, 1.54) is 6.07 Å². The molecule has 0 saturated carbocycles. The van der Waals surface area contributed by atoms with Crippen molar-refractivity contribution < 1.29 is 0 Å². The van der Waals surface area contributed by atoms with E-state index in [1.807, 2.05) is 140 Å². The Kier molecular flexibility index (Phi) is 19.1. The fourth-order valence-corrected chi connectivity index (χ4v) is 16.8. The largest absolute Gasteiger partial charge is 0.370 e. The summed E-state index contributed by atoms with van der Waals surface area (Å²) in [5.74, 6) is -0.137. The van der Waals surface area contributed by atoms with Crippen LogP contribution in [0.2, 0.25) is 0 Å². The normalized spacial score (nSPS) is 10.4. The topological polar surface area (TPSA) is 264 Å². The number of hydrogen-bond acceptors (Lipinski definition) is 10. The molecule has 1 aromatic heterocycles. The predicted octanol–water partition coefficient (Wildman–Crippen LogP) is 29.0. The predicted molar refractivity (Wildman–Crippen MR) is 488 cm³/mol. The molecule has 126 heavy (non-hydrogen) atoms. The fraction of sp³-hybridized carbons (Fsp3) is 0. The van der Waals surface area contributed by atoms with Crippen LogP contribution < -0.4 is 0 Å². The molecule has 0 fully saturated rings. The van der Waals surface area contributed by atoms with Gasteiger partial charge in [-0.15, -0.1) is 9.97 Å². The molecular formula is C105H35N21. The fourth-order valence-electron chi connectivity index (χ4n) is 16.8. The lowest BCUT2D eigenvalue weighted by Crippen LogP contribution is -1.93. The molecule has 0 saturated heterocycles. The van der Waals surface area contributed by atoms with Gasteiger partial charge >= 0.3 is 0 Å². The van der Waals surface area contributed by atoms with Crippen LogP contribution in [-0.2, 0) is 0 Å². The van der Waals surface area contributed by atoms with Crippen LogP contribution in [0.25, 0.3) is 226 Å². The minimum absolute atomic E-state index is 0.0000449. The van der Waals surface area contributed by atoms with E-state index in [0.717, 1.165) is 113 Å². The minimum atomic E-state index is -0.180. The number of nitrogens with zero attached hydrogens (tertiary/aromatic N) is 21. The molecular weight excluding hydrogens is 1560 g/mol. The second kappa shape index (κ2) is 31.1. The Morgan fingerprint density at radius 1 is 0.190 bits per heavy atom. The van der Waals surface area contributed by atoms with Gasteiger partial charge in [0.15, 0.2) is 28.4 Å². The summed E-state index contributed by atoms with van der Waals surface area (Å²) in [6.07, 6.45) is 0. The Bertz CT molecular complexity index is 9060. The van der Waals surface area contributed by atoms with Crippen LogP contribution in [0.1, 0.15) is 44.5 Å². The first kappa shape index (κ1) is 77.3. The van der Waals surface area contributed by atoms with Crippen LogP contribution in [0.4, 0.5) is 62.8 Å².